The highest BCUT2D eigenvalue weighted by atomic mass is 19.1. The molecule has 2 aromatic carbocycles. The highest BCUT2D eigenvalue weighted by Crippen LogP contribution is 2.22. The summed E-state index contributed by atoms with van der Waals surface area (Å²) < 4.78 is 18.1. The van der Waals surface area contributed by atoms with Gasteiger partial charge in [0.05, 0.1) is 12.7 Å². The van der Waals surface area contributed by atoms with Crippen LogP contribution in [0.5, 0.6) is 5.75 Å². The molecule has 0 spiro atoms. The molecule has 21 heavy (non-hydrogen) atoms. The van der Waals surface area contributed by atoms with E-state index in [9.17, 15) is 4.39 Å². The molecule has 0 aliphatic heterocycles. The first-order valence-electron chi connectivity index (χ1n) is 6.75. The van der Waals surface area contributed by atoms with Crippen molar-refractivity contribution in [2.45, 2.75) is 13.5 Å². The van der Waals surface area contributed by atoms with E-state index in [0.29, 0.717) is 17.9 Å². The lowest BCUT2D eigenvalue weighted by Gasteiger charge is -2.23. The summed E-state index contributed by atoms with van der Waals surface area (Å²) in [6.45, 7) is 3.48. The second-order valence-electron chi connectivity index (χ2n) is 4.64. The molecule has 3 nitrogen and oxygen atoms in total. The maximum Gasteiger partial charge on any atom is 0.136 e. The minimum atomic E-state index is -0.244. The van der Waals surface area contributed by atoms with Crippen LogP contribution in [0.1, 0.15) is 18.1 Å². The Kier molecular flexibility index (Phi) is 4.78. The number of halogens is 1. The van der Waals surface area contributed by atoms with Gasteiger partial charge in [0.1, 0.15) is 17.6 Å². The summed E-state index contributed by atoms with van der Waals surface area (Å²) in [6, 6.07) is 14.1. The number of hydrogen-bond acceptors (Lipinski definition) is 3. The number of nitriles is 1. The van der Waals surface area contributed by atoms with Crippen molar-refractivity contribution >= 4 is 5.69 Å². The van der Waals surface area contributed by atoms with Crippen molar-refractivity contribution in [3.8, 4) is 11.8 Å². The Labute approximate surface area is 124 Å². The summed E-state index contributed by atoms with van der Waals surface area (Å²) in [5.74, 6) is 0.331. The fraction of sp³-hybridized carbons (Fsp3) is 0.235. The van der Waals surface area contributed by atoms with E-state index in [4.69, 9.17) is 10.00 Å². The number of nitrogens with zero attached hydrogens (tertiary/aromatic N) is 2. The molecule has 0 bridgehead atoms. The molecule has 0 fully saturated rings. The Morgan fingerprint density at radius 3 is 2.48 bits per heavy atom. The molecule has 0 atom stereocenters. The third kappa shape index (κ3) is 3.51. The number of methoxy groups -OCH3 is 1. The molecule has 108 valence electrons. The molecule has 0 unspecified atom stereocenters. The van der Waals surface area contributed by atoms with Crippen LogP contribution >= 0.6 is 0 Å². The molecule has 0 amide bonds. The standard InChI is InChI=1S/C17H17FN2O/c1-3-20(16-7-5-15(18)6-8-16)12-13-4-9-17(21-2)14(10-13)11-19/h4-10H,3,12H2,1-2H3. The zero-order valence-electron chi connectivity index (χ0n) is 12.1. The van der Waals surface area contributed by atoms with Crippen molar-refractivity contribution in [2.24, 2.45) is 0 Å². The van der Waals surface area contributed by atoms with Gasteiger partial charge in [0.2, 0.25) is 0 Å². The molecule has 2 rings (SSSR count). The van der Waals surface area contributed by atoms with Gasteiger partial charge in [0.15, 0.2) is 0 Å². The fourth-order valence-corrected chi connectivity index (χ4v) is 2.20. The summed E-state index contributed by atoms with van der Waals surface area (Å²) >= 11 is 0. The Morgan fingerprint density at radius 1 is 1.19 bits per heavy atom. The Morgan fingerprint density at radius 2 is 1.90 bits per heavy atom. The molecule has 0 N–H and O–H groups in total. The maximum absolute atomic E-state index is 13.0. The Balaban J connectivity index is 2.23. The summed E-state index contributed by atoms with van der Waals surface area (Å²) in [5, 5.41) is 9.13. The molecule has 0 saturated heterocycles. The van der Waals surface area contributed by atoms with Crippen LogP contribution in [0.2, 0.25) is 0 Å². The van der Waals surface area contributed by atoms with Crippen molar-refractivity contribution in [1.29, 1.82) is 5.26 Å². The first kappa shape index (κ1) is 14.9. The van der Waals surface area contributed by atoms with Crippen molar-refractivity contribution < 1.29 is 9.13 Å². The monoisotopic (exact) mass is 284 g/mol. The molecule has 4 heteroatoms. The van der Waals surface area contributed by atoms with Crippen molar-refractivity contribution in [1.82, 2.24) is 0 Å². The third-order valence-corrected chi connectivity index (χ3v) is 3.33. The van der Waals surface area contributed by atoms with Gasteiger partial charge in [-0.15, -0.1) is 0 Å². The molecular formula is C17H17FN2O. The highest BCUT2D eigenvalue weighted by Gasteiger charge is 2.08. The Hall–Kier alpha value is -2.54. The zero-order chi connectivity index (χ0) is 15.2. The zero-order valence-corrected chi connectivity index (χ0v) is 12.1. The largest absolute Gasteiger partial charge is 0.495 e. The topological polar surface area (TPSA) is 36.3 Å². The first-order valence-corrected chi connectivity index (χ1v) is 6.75. The van der Waals surface area contributed by atoms with Gasteiger partial charge in [-0.25, -0.2) is 4.39 Å². The van der Waals surface area contributed by atoms with Gasteiger partial charge >= 0.3 is 0 Å². The molecule has 0 saturated carbocycles. The number of hydrogen-bond donors (Lipinski definition) is 0. The number of rotatable bonds is 5. The van der Waals surface area contributed by atoms with Crippen molar-refractivity contribution in [3.63, 3.8) is 0 Å². The van der Waals surface area contributed by atoms with Gasteiger partial charge in [-0.05, 0) is 48.9 Å². The molecular weight excluding hydrogens is 267 g/mol. The van der Waals surface area contributed by atoms with Gasteiger partial charge in [-0.3, -0.25) is 0 Å². The van der Waals surface area contributed by atoms with Crippen LogP contribution in [-0.2, 0) is 6.54 Å². The smallest absolute Gasteiger partial charge is 0.136 e. The molecule has 0 heterocycles. The minimum Gasteiger partial charge on any atom is -0.495 e. The van der Waals surface area contributed by atoms with Gasteiger partial charge < -0.3 is 9.64 Å². The van der Waals surface area contributed by atoms with Crippen LogP contribution in [0.25, 0.3) is 0 Å². The predicted molar refractivity (Wildman–Crippen MR) is 80.8 cm³/mol. The van der Waals surface area contributed by atoms with Crippen LogP contribution < -0.4 is 9.64 Å². The SMILES string of the molecule is CCN(Cc1ccc(OC)c(C#N)c1)c1ccc(F)cc1. The summed E-state index contributed by atoms with van der Waals surface area (Å²) in [6.07, 6.45) is 0. The Bertz CT molecular complexity index is 647. The predicted octanol–water partition coefficient (Wildman–Crippen LogP) is 3.73. The number of anilines is 1. The van der Waals surface area contributed by atoms with Crippen molar-refractivity contribution in [2.75, 3.05) is 18.6 Å². The van der Waals surface area contributed by atoms with E-state index in [-0.39, 0.29) is 5.82 Å². The first-order chi connectivity index (χ1) is 10.2. The van der Waals surface area contributed by atoms with E-state index in [0.717, 1.165) is 17.8 Å². The van der Waals surface area contributed by atoms with Crippen LogP contribution in [-0.4, -0.2) is 13.7 Å². The van der Waals surface area contributed by atoms with E-state index < -0.39 is 0 Å². The lowest BCUT2D eigenvalue weighted by molar-refractivity contribution is 0.413. The second-order valence-corrected chi connectivity index (χ2v) is 4.64. The second kappa shape index (κ2) is 6.76. The quantitative estimate of drug-likeness (QED) is 0.839. The molecule has 0 radical (unpaired) electrons. The van der Waals surface area contributed by atoms with E-state index >= 15 is 0 Å². The van der Waals surface area contributed by atoms with Gasteiger partial charge in [0, 0.05) is 18.8 Å². The summed E-state index contributed by atoms with van der Waals surface area (Å²) in [4.78, 5) is 2.11. The molecule has 2 aromatic rings. The van der Waals surface area contributed by atoms with E-state index in [1.807, 2.05) is 19.1 Å². The minimum absolute atomic E-state index is 0.244. The lowest BCUT2D eigenvalue weighted by Crippen LogP contribution is -2.22. The third-order valence-electron chi connectivity index (χ3n) is 3.33. The van der Waals surface area contributed by atoms with Gasteiger partial charge in [-0.1, -0.05) is 6.07 Å². The van der Waals surface area contributed by atoms with E-state index in [1.165, 1.54) is 12.1 Å². The normalized spacial score (nSPS) is 10.0. The van der Waals surface area contributed by atoms with Crippen LogP contribution in [0.4, 0.5) is 10.1 Å². The van der Waals surface area contributed by atoms with E-state index in [2.05, 4.69) is 11.0 Å². The summed E-state index contributed by atoms with van der Waals surface area (Å²) in [7, 11) is 1.55. The number of ether oxygens (including phenoxy) is 1. The molecule has 0 aromatic heterocycles. The van der Waals surface area contributed by atoms with Crippen LogP contribution in [0.3, 0.4) is 0 Å². The summed E-state index contributed by atoms with van der Waals surface area (Å²) in [5.41, 5.74) is 2.48. The fourth-order valence-electron chi connectivity index (χ4n) is 2.20. The molecule has 0 aliphatic rings. The molecule has 0 aliphatic carbocycles. The highest BCUT2D eigenvalue weighted by molar-refractivity contribution is 5.49. The number of benzene rings is 2. The van der Waals surface area contributed by atoms with Crippen LogP contribution in [0, 0.1) is 17.1 Å². The lowest BCUT2D eigenvalue weighted by atomic mass is 10.1. The van der Waals surface area contributed by atoms with Crippen molar-refractivity contribution in [3.05, 3.63) is 59.4 Å². The van der Waals surface area contributed by atoms with E-state index in [1.54, 1.807) is 25.3 Å². The average Bonchev–Trinajstić information content (AvgIpc) is 2.53. The average molecular weight is 284 g/mol. The maximum atomic E-state index is 13.0. The van der Waals surface area contributed by atoms with Gasteiger partial charge in [0.25, 0.3) is 0 Å². The van der Waals surface area contributed by atoms with Crippen LogP contribution in [0.15, 0.2) is 42.5 Å². The van der Waals surface area contributed by atoms with Gasteiger partial charge in [-0.2, -0.15) is 5.26 Å².